The predicted molar refractivity (Wildman–Crippen MR) is 68.3 cm³/mol. The van der Waals surface area contributed by atoms with Crippen molar-refractivity contribution in [3.8, 4) is 5.75 Å². The van der Waals surface area contributed by atoms with Crippen LogP contribution in [0.3, 0.4) is 0 Å². The van der Waals surface area contributed by atoms with Crippen molar-refractivity contribution < 1.29 is 9.47 Å². The second-order valence-corrected chi connectivity index (χ2v) is 4.72. The Morgan fingerprint density at radius 1 is 1.47 bits per heavy atom. The van der Waals surface area contributed by atoms with Crippen molar-refractivity contribution in [3.63, 3.8) is 0 Å². The molecule has 0 radical (unpaired) electrons. The van der Waals surface area contributed by atoms with Crippen molar-refractivity contribution in [1.82, 2.24) is 0 Å². The van der Waals surface area contributed by atoms with Gasteiger partial charge in [-0.05, 0) is 49.4 Å². The van der Waals surface area contributed by atoms with E-state index in [0.29, 0.717) is 6.61 Å². The molecule has 1 aliphatic carbocycles. The lowest BCUT2D eigenvalue weighted by Crippen LogP contribution is -2.19. The van der Waals surface area contributed by atoms with Crippen molar-refractivity contribution >= 4 is 0 Å². The van der Waals surface area contributed by atoms with Crippen molar-refractivity contribution in [3.05, 3.63) is 29.3 Å². The largest absolute Gasteiger partial charge is 0.491 e. The molecule has 17 heavy (non-hydrogen) atoms. The first-order chi connectivity index (χ1) is 8.20. The van der Waals surface area contributed by atoms with E-state index in [0.717, 1.165) is 18.6 Å². The molecule has 3 heteroatoms. The minimum atomic E-state index is 0.111. The molecule has 3 nitrogen and oxygen atoms in total. The second-order valence-electron chi connectivity index (χ2n) is 4.72. The van der Waals surface area contributed by atoms with Gasteiger partial charge in [0, 0.05) is 13.2 Å². The van der Waals surface area contributed by atoms with Gasteiger partial charge in [-0.2, -0.15) is 0 Å². The molecule has 2 unspecified atom stereocenters. The molecule has 1 aliphatic rings. The van der Waals surface area contributed by atoms with Gasteiger partial charge >= 0.3 is 0 Å². The summed E-state index contributed by atoms with van der Waals surface area (Å²) in [6.07, 6.45) is 3.51. The fraction of sp³-hybridized carbons (Fsp3) is 0.571. The summed E-state index contributed by atoms with van der Waals surface area (Å²) in [7, 11) is 1.69. The highest BCUT2D eigenvalue weighted by molar-refractivity contribution is 5.39. The topological polar surface area (TPSA) is 44.5 Å². The molecule has 1 aromatic carbocycles. The lowest BCUT2D eigenvalue weighted by atomic mass is 9.88. The molecular formula is C14H21NO2. The fourth-order valence-corrected chi connectivity index (χ4v) is 2.19. The summed E-state index contributed by atoms with van der Waals surface area (Å²) in [5, 5.41) is 0. The van der Waals surface area contributed by atoms with Gasteiger partial charge in [-0.15, -0.1) is 0 Å². The van der Waals surface area contributed by atoms with Crippen LogP contribution in [0.15, 0.2) is 18.2 Å². The minimum Gasteiger partial charge on any atom is -0.491 e. The minimum absolute atomic E-state index is 0.111. The first-order valence-corrected chi connectivity index (χ1v) is 6.24. The average Bonchev–Trinajstić information content (AvgIpc) is 2.36. The molecule has 0 heterocycles. The quantitative estimate of drug-likeness (QED) is 0.871. The normalized spacial score (nSPS) is 20.8. The van der Waals surface area contributed by atoms with E-state index in [-0.39, 0.29) is 12.1 Å². The number of ether oxygens (including phenoxy) is 2. The molecule has 0 aromatic heterocycles. The Labute approximate surface area is 103 Å². The number of hydrogen-bond donors (Lipinski definition) is 1. The third kappa shape index (κ3) is 2.99. The molecule has 2 atom stereocenters. The van der Waals surface area contributed by atoms with Crippen LogP contribution in [-0.4, -0.2) is 19.8 Å². The summed E-state index contributed by atoms with van der Waals surface area (Å²) >= 11 is 0. The van der Waals surface area contributed by atoms with Gasteiger partial charge in [-0.3, -0.25) is 0 Å². The first kappa shape index (κ1) is 12.4. The lowest BCUT2D eigenvalue weighted by Gasteiger charge is -2.23. The van der Waals surface area contributed by atoms with Crippen molar-refractivity contribution in [1.29, 1.82) is 0 Å². The van der Waals surface area contributed by atoms with Crippen LogP contribution in [0.25, 0.3) is 0 Å². The standard InChI is InChI=1S/C14H21NO2/c1-10(16-2)9-17-12-7-6-11-4-3-5-14(15)13(11)8-12/h6-8,10,14H,3-5,9,15H2,1-2H3. The predicted octanol–water partition coefficient (Wildman–Crippen LogP) is 2.44. The highest BCUT2D eigenvalue weighted by Gasteiger charge is 2.17. The molecule has 0 amide bonds. The number of methoxy groups -OCH3 is 1. The van der Waals surface area contributed by atoms with Crippen LogP contribution in [0.5, 0.6) is 5.75 Å². The summed E-state index contributed by atoms with van der Waals surface area (Å²) < 4.78 is 10.8. The van der Waals surface area contributed by atoms with E-state index in [1.54, 1.807) is 7.11 Å². The summed E-state index contributed by atoms with van der Waals surface area (Å²) in [4.78, 5) is 0. The third-order valence-electron chi connectivity index (χ3n) is 3.37. The smallest absolute Gasteiger partial charge is 0.119 e. The number of hydrogen-bond acceptors (Lipinski definition) is 3. The van der Waals surface area contributed by atoms with Gasteiger partial charge < -0.3 is 15.2 Å². The monoisotopic (exact) mass is 235 g/mol. The van der Waals surface area contributed by atoms with E-state index in [9.17, 15) is 0 Å². The van der Waals surface area contributed by atoms with E-state index >= 15 is 0 Å². The maximum Gasteiger partial charge on any atom is 0.119 e. The number of fused-ring (bicyclic) bond motifs is 1. The van der Waals surface area contributed by atoms with Crippen LogP contribution in [0.1, 0.15) is 36.9 Å². The Morgan fingerprint density at radius 2 is 2.29 bits per heavy atom. The van der Waals surface area contributed by atoms with Crippen LogP contribution >= 0.6 is 0 Å². The van der Waals surface area contributed by atoms with Gasteiger partial charge in [0.25, 0.3) is 0 Å². The lowest BCUT2D eigenvalue weighted by molar-refractivity contribution is 0.0716. The average molecular weight is 235 g/mol. The van der Waals surface area contributed by atoms with Crippen LogP contribution in [0.2, 0.25) is 0 Å². The Kier molecular flexibility index (Phi) is 4.02. The number of rotatable bonds is 4. The van der Waals surface area contributed by atoms with Gasteiger partial charge in [0.15, 0.2) is 0 Å². The number of aryl methyl sites for hydroxylation is 1. The molecule has 1 aromatic rings. The summed E-state index contributed by atoms with van der Waals surface area (Å²) in [6, 6.07) is 6.42. The number of benzene rings is 1. The maximum atomic E-state index is 6.12. The van der Waals surface area contributed by atoms with Gasteiger partial charge in [0.2, 0.25) is 0 Å². The fourth-order valence-electron chi connectivity index (χ4n) is 2.19. The second kappa shape index (κ2) is 5.52. The summed E-state index contributed by atoms with van der Waals surface area (Å²) in [6.45, 7) is 2.56. The SMILES string of the molecule is COC(C)COc1ccc2c(c1)C(N)CCC2. The summed E-state index contributed by atoms with van der Waals surface area (Å²) in [5.41, 5.74) is 8.74. The molecular weight excluding hydrogens is 214 g/mol. The van der Waals surface area contributed by atoms with Crippen LogP contribution in [-0.2, 0) is 11.2 Å². The zero-order chi connectivity index (χ0) is 12.3. The number of nitrogens with two attached hydrogens (primary N) is 1. The molecule has 94 valence electrons. The van der Waals surface area contributed by atoms with Crippen LogP contribution in [0.4, 0.5) is 0 Å². The van der Waals surface area contributed by atoms with Gasteiger partial charge in [-0.25, -0.2) is 0 Å². The first-order valence-electron chi connectivity index (χ1n) is 6.24. The van der Waals surface area contributed by atoms with E-state index in [1.165, 1.54) is 17.5 Å². The molecule has 0 fully saturated rings. The molecule has 0 aliphatic heterocycles. The molecule has 0 saturated carbocycles. The third-order valence-corrected chi connectivity index (χ3v) is 3.37. The van der Waals surface area contributed by atoms with E-state index in [2.05, 4.69) is 12.1 Å². The molecule has 0 bridgehead atoms. The Morgan fingerprint density at radius 3 is 3.06 bits per heavy atom. The zero-order valence-corrected chi connectivity index (χ0v) is 10.6. The van der Waals surface area contributed by atoms with Crippen molar-refractivity contribution in [2.24, 2.45) is 5.73 Å². The maximum absolute atomic E-state index is 6.12. The van der Waals surface area contributed by atoms with Crippen LogP contribution < -0.4 is 10.5 Å². The van der Waals surface area contributed by atoms with Crippen molar-refractivity contribution in [2.75, 3.05) is 13.7 Å². The molecule has 0 saturated heterocycles. The molecule has 2 rings (SSSR count). The Balaban J connectivity index is 2.07. The van der Waals surface area contributed by atoms with Crippen LogP contribution in [0, 0.1) is 0 Å². The van der Waals surface area contributed by atoms with Crippen molar-refractivity contribution in [2.45, 2.75) is 38.3 Å². The molecule has 2 N–H and O–H groups in total. The van der Waals surface area contributed by atoms with E-state index < -0.39 is 0 Å². The van der Waals surface area contributed by atoms with Gasteiger partial charge in [0.05, 0.1) is 6.10 Å². The van der Waals surface area contributed by atoms with Gasteiger partial charge in [0.1, 0.15) is 12.4 Å². The highest BCUT2D eigenvalue weighted by Crippen LogP contribution is 2.30. The Hall–Kier alpha value is -1.06. The van der Waals surface area contributed by atoms with E-state index in [4.69, 9.17) is 15.2 Å². The molecule has 0 spiro atoms. The van der Waals surface area contributed by atoms with E-state index in [1.807, 2.05) is 13.0 Å². The highest BCUT2D eigenvalue weighted by atomic mass is 16.5. The Bertz CT molecular complexity index is 378. The zero-order valence-electron chi connectivity index (χ0n) is 10.6. The van der Waals surface area contributed by atoms with Gasteiger partial charge in [-0.1, -0.05) is 6.07 Å². The summed E-state index contributed by atoms with van der Waals surface area (Å²) in [5.74, 6) is 0.894.